The van der Waals surface area contributed by atoms with Gasteiger partial charge >= 0.3 is 0 Å². The predicted octanol–water partition coefficient (Wildman–Crippen LogP) is 4.71. The quantitative estimate of drug-likeness (QED) is 0.322. The third-order valence-electron chi connectivity index (χ3n) is 6.82. The summed E-state index contributed by atoms with van der Waals surface area (Å²) in [6, 6.07) is 19.7. The molecule has 1 aliphatic heterocycles. The first-order chi connectivity index (χ1) is 18.5. The molecule has 1 saturated heterocycles. The highest BCUT2D eigenvalue weighted by atomic mass is 32.1. The molecule has 1 aliphatic rings. The number of methoxy groups -OCH3 is 1. The van der Waals surface area contributed by atoms with Crippen molar-refractivity contribution in [3.05, 3.63) is 107 Å². The van der Waals surface area contributed by atoms with Crippen LogP contribution in [0.4, 0.5) is 11.4 Å². The lowest BCUT2D eigenvalue weighted by Gasteiger charge is -2.28. The normalized spacial score (nSPS) is 16.9. The third kappa shape index (κ3) is 5.16. The first kappa shape index (κ1) is 25.6. The minimum absolute atomic E-state index is 0.00478. The van der Waals surface area contributed by atoms with Crippen LogP contribution in [0, 0.1) is 13.8 Å². The first-order valence-electron chi connectivity index (χ1n) is 12.4. The smallest absolute Gasteiger partial charge is 0.250 e. The zero-order valence-corrected chi connectivity index (χ0v) is 22.4. The van der Waals surface area contributed by atoms with E-state index in [-0.39, 0.29) is 24.6 Å². The topological polar surface area (TPSA) is 84.3 Å². The highest BCUT2D eigenvalue weighted by Crippen LogP contribution is 2.43. The van der Waals surface area contributed by atoms with Crippen LogP contribution in [0.1, 0.15) is 40.3 Å². The molecule has 1 amide bonds. The molecular weight excluding hydrogens is 496 g/mol. The van der Waals surface area contributed by atoms with Gasteiger partial charge in [0.25, 0.3) is 0 Å². The predicted molar refractivity (Wildman–Crippen MR) is 152 cm³/mol. The van der Waals surface area contributed by atoms with E-state index in [0.717, 1.165) is 17.9 Å². The molecule has 3 aromatic heterocycles. The summed E-state index contributed by atoms with van der Waals surface area (Å²) in [6.45, 7) is 5.06. The van der Waals surface area contributed by atoms with E-state index in [0.29, 0.717) is 10.8 Å². The number of aryl methyl sites for hydroxylation is 1. The summed E-state index contributed by atoms with van der Waals surface area (Å²) in [7, 11) is 1.50. The van der Waals surface area contributed by atoms with Gasteiger partial charge in [0.05, 0.1) is 17.8 Å². The number of carbonyl (C=O) groups excluding carboxylic acids is 1. The largest absolute Gasteiger partial charge is 0.375 e. The van der Waals surface area contributed by atoms with Gasteiger partial charge in [-0.3, -0.25) is 14.8 Å². The molecule has 38 heavy (non-hydrogen) atoms. The van der Waals surface area contributed by atoms with Crippen LogP contribution in [0.25, 0.3) is 0 Å². The third-order valence-corrected chi connectivity index (χ3v) is 7.14. The van der Waals surface area contributed by atoms with Crippen LogP contribution in [0.2, 0.25) is 0 Å². The SMILES string of the molecule is COCC(=O)Nc1ccc(N2C(=S)N[C@@H](c3ccccn3)[C@@H]2c2cc(C)n(Cc3ccncc3)c2C)cc1. The van der Waals surface area contributed by atoms with Gasteiger partial charge in [-0.1, -0.05) is 6.07 Å². The van der Waals surface area contributed by atoms with Crippen molar-refractivity contribution in [3.63, 3.8) is 0 Å². The lowest BCUT2D eigenvalue weighted by molar-refractivity contribution is -0.119. The number of rotatable bonds is 8. The average Bonchev–Trinajstić information content (AvgIpc) is 3.41. The van der Waals surface area contributed by atoms with Crippen molar-refractivity contribution >= 4 is 34.6 Å². The van der Waals surface area contributed by atoms with E-state index in [2.05, 4.69) is 50.0 Å². The average molecular weight is 527 g/mol. The van der Waals surface area contributed by atoms with Crippen LogP contribution in [0.3, 0.4) is 0 Å². The highest BCUT2D eigenvalue weighted by molar-refractivity contribution is 7.80. The maximum absolute atomic E-state index is 12.0. The van der Waals surface area contributed by atoms with E-state index in [9.17, 15) is 4.79 Å². The second-order valence-corrected chi connectivity index (χ2v) is 9.68. The van der Waals surface area contributed by atoms with Gasteiger partial charge in [0.15, 0.2) is 5.11 Å². The Hall–Kier alpha value is -4.08. The van der Waals surface area contributed by atoms with E-state index in [1.54, 1.807) is 0 Å². The van der Waals surface area contributed by atoms with Crippen LogP contribution in [0.5, 0.6) is 0 Å². The van der Waals surface area contributed by atoms with Crippen molar-refractivity contribution in [2.45, 2.75) is 32.5 Å². The van der Waals surface area contributed by atoms with Gasteiger partial charge in [0, 0.05) is 55.0 Å². The number of aromatic nitrogens is 3. The minimum Gasteiger partial charge on any atom is -0.375 e. The molecule has 0 spiro atoms. The van der Waals surface area contributed by atoms with Crippen molar-refractivity contribution < 1.29 is 9.53 Å². The molecule has 5 rings (SSSR count). The molecule has 8 nitrogen and oxygen atoms in total. The van der Waals surface area contributed by atoms with Gasteiger partial charge in [-0.15, -0.1) is 0 Å². The second-order valence-electron chi connectivity index (χ2n) is 9.29. The maximum Gasteiger partial charge on any atom is 0.250 e. The Morgan fingerprint density at radius 2 is 1.84 bits per heavy atom. The van der Waals surface area contributed by atoms with Crippen LogP contribution in [-0.2, 0) is 16.1 Å². The van der Waals surface area contributed by atoms with Gasteiger partial charge in [0.1, 0.15) is 6.61 Å². The van der Waals surface area contributed by atoms with E-state index in [1.807, 2.05) is 73.2 Å². The summed E-state index contributed by atoms with van der Waals surface area (Å²) < 4.78 is 7.24. The van der Waals surface area contributed by atoms with Gasteiger partial charge in [0.2, 0.25) is 5.91 Å². The first-order valence-corrected chi connectivity index (χ1v) is 12.8. The molecule has 194 valence electrons. The summed E-state index contributed by atoms with van der Waals surface area (Å²) in [5, 5.41) is 7.00. The molecule has 2 atom stereocenters. The molecule has 0 radical (unpaired) electrons. The Kier molecular flexibility index (Phi) is 7.48. The zero-order valence-electron chi connectivity index (χ0n) is 21.6. The van der Waals surface area contributed by atoms with Gasteiger partial charge in [-0.25, -0.2) is 0 Å². The molecule has 4 aromatic rings. The van der Waals surface area contributed by atoms with Crippen LogP contribution in [0.15, 0.2) is 79.3 Å². The van der Waals surface area contributed by atoms with Crippen molar-refractivity contribution in [2.75, 3.05) is 23.9 Å². The summed E-state index contributed by atoms with van der Waals surface area (Å²) in [5.74, 6) is -0.201. The van der Waals surface area contributed by atoms with Gasteiger partial charge in [-0.05, 0) is 91.8 Å². The molecule has 1 fully saturated rings. The summed E-state index contributed by atoms with van der Waals surface area (Å²) in [4.78, 5) is 22.9. The van der Waals surface area contributed by atoms with Crippen molar-refractivity contribution in [3.8, 4) is 0 Å². The number of hydrogen-bond acceptors (Lipinski definition) is 5. The lowest BCUT2D eigenvalue weighted by atomic mass is 9.96. The summed E-state index contributed by atoms with van der Waals surface area (Å²) >= 11 is 5.89. The molecule has 0 bridgehead atoms. The maximum atomic E-state index is 12.0. The van der Waals surface area contributed by atoms with E-state index in [1.165, 1.54) is 29.6 Å². The van der Waals surface area contributed by atoms with Crippen molar-refractivity contribution in [2.24, 2.45) is 0 Å². The standard InChI is InChI=1S/C29H30N6O2S/c1-19-16-24(20(2)34(19)17-21-11-14-30-15-12-21)28-27(25-6-4-5-13-31-25)33-29(38)35(28)23-9-7-22(8-10-23)32-26(36)18-37-3/h4-16,27-28H,17-18H2,1-3H3,(H,32,36)(H,33,38)/t27-,28-/m0/s1. The van der Waals surface area contributed by atoms with Gasteiger partial charge in [-0.2, -0.15) is 0 Å². The summed E-state index contributed by atoms with van der Waals surface area (Å²) in [6.07, 6.45) is 5.46. The number of anilines is 2. The second kappa shape index (κ2) is 11.1. The molecule has 4 heterocycles. The number of amides is 1. The molecular formula is C29H30N6O2S. The number of carbonyl (C=O) groups is 1. The Morgan fingerprint density at radius 3 is 2.53 bits per heavy atom. The number of ether oxygens (including phenoxy) is 1. The number of hydrogen-bond donors (Lipinski definition) is 2. The molecule has 0 saturated carbocycles. The van der Waals surface area contributed by atoms with E-state index >= 15 is 0 Å². The Morgan fingerprint density at radius 1 is 1.08 bits per heavy atom. The molecule has 1 aromatic carbocycles. The lowest BCUT2D eigenvalue weighted by Crippen LogP contribution is -2.29. The number of benzene rings is 1. The fourth-order valence-electron chi connectivity index (χ4n) is 5.02. The van der Waals surface area contributed by atoms with Crippen LogP contribution in [-0.4, -0.2) is 39.3 Å². The van der Waals surface area contributed by atoms with E-state index in [4.69, 9.17) is 17.0 Å². The number of pyridine rings is 2. The molecule has 2 N–H and O–H groups in total. The Bertz CT molecular complexity index is 1420. The Balaban J connectivity index is 1.54. The minimum atomic E-state index is -0.201. The number of nitrogens with one attached hydrogen (secondary N) is 2. The number of thiocarbonyl (C=S) groups is 1. The zero-order chi connectivity index (χ0) is 26.6. The summed E-state index contributed by atoms with van der Waals surface area (Å²) in [5.41, 5.74) is 7.25. The monoisotopic (exact) mass is 526 g/mol. The Labute approximate surface area is 227 Å². The van der Waals surface area contributed by atoms with Gasteiger partial charge < -0.3 is 24.8 Å². The number of nitrogens with zero attached hydrogens (tertiary/aromatic N) is 4. The van der Waals surface area contributed by atoms with E-state index < -0.39 is 0 Å². The fourth-order valence-corrected chi connectivity index (χ4v) is 5.37. The molecule has 9 heteroatoms. The van der Waals surface area contributed by atoms with Crippen LogP contribution >= 0.6 is 12.2 Å². The molecule has 0 aliphatic carbocycles. The highest BCUT2D eigenvalue weighted by Gasteiger charge is 2.42. The fraction of sp³-hybridized carbons (Fsp3) is 0.241. The van der Waals surface area contributed by atoms with Crippen molar-refractivity contribution in [1.82, 2.24) is 19.9 Å². The van der Waals surface area contributed by atoms with Crippen molar-refractivity contribution in [1.29, 1.82) is 0 Å². The van der Waals surface area contributed by atoms with Crippen LogP contribution < -0.4 is 15.5 Å². The molecule has 0 unspecified atom stereocenters.